The van der Waals surface area contributed by atoms with Crippen molar-refractivity contribution in [2.45, 2.75) is 6.92 Å². The van der Waals surface area contributed by atoms with Gasteiger partial charge >= 0.3 is 5.97 Å². The molecule has 148 valence electrons. The van der Waals surface area contributed by atoms with E-state index in [1.807, 2.05) is 6.92 Å². The first-order valence-electron chi connectivity index (χ1n) is 8.63. The Morgan fingerprint density at radius 1 is 0.964 bits per heavy atom. The van der Waals surface area contributed by atoms with Crippen LogP contribution in [0.2, 0.25) is 0 Å². The highest BCUT2D eigenvalue weighted by Crippen LogP contribution is 2.23. The van der Waals surface area contributed by atoms with E-state index in [0.29, 0.717) is 29.4 Å². The summed E-state index contributed by atoms with van der Waals surface area (Å²) in [7, 11) is 1.45. The number of anilines is 1. The fourth-order valence-electron chi connectivity index (χ4n) is 2.31. The van der Waals surface area contributed by atoms with Gasteiger partial charge in [0.1, 0.15) is 18.0 Å². The third-order valence-corrected chi connectivity index (χ3v) is 3.57. The minimum atomic E-state index is -0.739. The Kier molecular flexibility index (Phi) is 7.83. The zero-order valence-electron chi connectivity index (χ0n) is 15.7. The Morgan fingerprint density at radius 3 is 2.36 bits per heavy atom. The van der Waals surface area contributed by atoms with Crippen LogP contribution in [0.25, 0.3) is 0 Å². The maximum Gasteiger partial charge on any atom is 0.325 e. The first-order valence-corrected chi connectivity index (χ1v) is 8.63. The van der Waals surface area contributed by atoms with E-state index in [0.717, 1.165) is 0 Å². The summed E-state index contributed by atoms with van der Waals surface area (Å²) in [4.78, 5) is 35.9. The summed E-state index contributed by atoms with van der Waals surface area (Å²) in [5.74, 6) is -0.827. The number of carbonyl (C=O) groups is 3. The van der Waals surface area contributed by atoms with Gasteiger partial charge in [-0.2, -0.15) is 0 Å². The van der Waals surface area contributed by atoms with Gasteiger partial charge in [0.15, 0.2) is 6.61 Å². The van der Waals surface area contributed by atoms with Crippen molar-refractivity contribution in [2.75, 3.05) is 32.2 Å². The minimum absolute atomic E-state index is 0.295. The number of hydrogen-bond donors (Lipinski definition) is 2. The number of hydrogen-bond acceptors (Lipinski definition) is 6. The molecule has 28 heavy (non-hydrogen) atoms. The Morgan fingerprint density at radius 2 is 1.64 bits per heavy atom. The summed E-state index contributed by atoms with van der Waals surface area (Å²) in [6.07, 6.45) is 0. The molecule has 0 aliphatic heterocycles. The number of carbonyl (C=O) groups excluding carboxylic acids is 3. The lowest BCUT2D eigenvalue weighted by molar-refractivity contribution is -0.146. The topological polar surface area (TPSA) is 103 Å². The zero-order chi connectivity index (χ0) is 20.4. The van der Waals surface area contributed by atoms with Crippen molar-refractivity contribution in [1.82, 2.24) is 5.32 Å². The average molecular weight is 386 g/mol. The molecule has 2 aromatic rings. The summed E-state index contributed by atoms with van der Waals surface area (Å²) >= 11 is 0. The van der Waals surface area contributed by atoms with Crippen molar-refractivity contribution in [3.05, 3.63) is 54.1 Å². The van der Waals surface area contributed by atoms with Gasteiger partial charge in [0.25, 0.3) is 11.8 Å². The minimum Gasteiger partial charge on any atom is -0.496 e. The standard InChI is InChI=1S/C20H22N2O6/c1-3-27-17-11-7-5-9-15(17)22-18(23)13-28-19(24)12-21-20(25)14-8-4-6-10-16(14)26-2/h4-11H,3,12-13H2,1-2H3,(H,21,25)(H,22,23). The third-order valence-electron chi connectivity index (χ3n) is 3.57. The normalized spacial score (nSPS) is 9.93. The predicted molar refractivity (Wildman–Crippen MR) is 103 cm³/mol. The monoisotopic (exact) mass is 386 g/mol. The third kappa shape index (κ3) is 6.01. The number of benzene rings is 2. The smallest absolute Gasteiger partial charge is 0.325 e. The summed E-state index contributed by atoms with van der Waals surface area (Å²) in [6, 6.07) is 13.5. The number of rotatable bonds is 9. The van der Waals surface area contributed by atoms with Crippen molar-refractivity contribution >= 4 is 23.5 Å². The van der Waals surface area contributed by atoms with Crippen LogP contribution in [-0.2, 0) is 14.3 Å². The second kappa shape index (κ2) is 10.6. The number of nitrogens with one attached hydrogen (secondary N) is 2. The molecule has 8 heteroatoms. The van der Waals surface area contributed by atoms with E-state index >= 15 is 0 Å². The maximum absolute atomic E-state index is 12.1. The lowest BCUT2D eigenvalue weighted by atomic mass is 10.2. The van der Waals surface area contributed by atoms with Crippen LogP contribution in [0.1, 0.15) is 17.3 Å². The molecule has 0 spiro atoms. The van der Waals surface area contributed by atoms with Crippen LogP contribution in [-0.4, -0.2) is 44.7 Å². The Bertz CT molecular complexity index is 837. The molecule has 0 unspecified atom stereocenters. The van der Waals surface area contributed by atoms with E-state index in [-0.39, 0.29) is 6.54 Å². The van der Waals surface area contributed by atoms with Crippen molar-refractivity contribution in [3.63, 3.8) is 0 Å². The molecular formula is C20H22N2O6. The van der Waals surface area contributed by atoms with Crippen molar-refractivity contribution in [3.8, 4) is 11.5 Å². The molecule has 8 nitrogen and oxygen atoms in total. The number of esters is 1. The average Bonchev–Trinajstić information content (AvgIpc) is 2.72. The molecule has 0 aromatic heterocycles. The van der Waals surface area contributed by atoms with E-state index in [1.165, 1.54) is 7.11 Å². The predicted octanol–water partition coefficient (Wildman–Crippen LogP) is 2.01. The summed E-state index contributed by atoms with van der Waals surface area (Å²) in [5.41, 5.74) is 0.776. The Hall–Kier alpha value is -3.55. The molecule has 2 aromatic carbocycles. The molecular weight excluding hydrogens is 364 g/mol. The maximum atomic E-state index is 12.1. The molecule has 0 heterocycles. The molecule has 0 saturated heterocycles. The van der Waals surface area contributed by atoms with Gasteiger partial charge in [-0.15, -0.1) is 0 Å². The molecule has 0 aliphatic rings. The fourth-order valence-corrected chi connectivity index (χ4v) is 2.31. The van der Waals surface area contributed by atoms with Crippen molar-refractivity contribution in [1.29, 1.82) is 0 Å². The van der Waals surface area contributed by atoms with Crippen molar-refractivity contribution < 1.29 is 28.6 Å². The zero-order valence-corrected chi connectivity index (χ0v) is 15.7. The molecule has 2 amide bonds. The second-order valence-electron chi connectivity index (χ2n) is 5.52. The molecule has 0 atom stereocenters. The SMILES string of the molecule is CCOc1ccccc1NC(=O)COC(=O)CNC(=O)c1ccccc1OC. The molecule has 2 N–H and O–H groups in total. The number of methoxy groups -OCH3 is 1. The molecule has 0 radical (unpaired) electrons. The van der Waals surface area contributed by atoms with E-state index in [4.69, 9.17) is 14.2 Å². The van der Waals surface area contributed by atoms with Crippen LogP contribution in [0.3, 0.4) is 0 Å². The first-order chi connectivity index (χ1) is 13.5. The summed E-state index contributed by atoms with van der Waals surface area (Å²) in [5, 5.41) is 5.04. The van der Waals surface area contributed by atoms with Gasteiger partial charge in [0.2, 0.25) is 0 Å². The molecule has 2 rings (SSSR count). The highest BCUT2D eigenvalue weighted by molar-refractivity contribution is 5.98. The van der Waals surface area contributed by atoms with E-state index in [2.05, 4.69) is 10.6 Å². The Labute approximate surface area is 162 Å². The lowest BCUT2D eigenvalue weighted by Crippen LogP contribution is -2.32. The molecule has 0 aliphatic carbocycles. The first kappa shape index (κ1) is 20.8. The van der Waals surface area contributed by atoms with Gasteiger partial charge in [0.05, 0.1) is 25.0 Å². The van der Waals surface area contributed by atoms with Crippen LogP contribution in [0.4, 0.5) is 5.69 Å². The summed E-state index contributed by atoms with van der Waals surface area (Å²) in [6.45, 7) is 1.43. The van der Waals surface area contributed by atoms with E-state index in [9.17, 15) is 14.4 Å². The van der Waals surface area contributed by atoms with E-state index in [1.54, 1.807) is 48.5 Å². The molecule has 0 saturated carbocycles. The van der Waals surface area contributed by atoms with Crippen LogP contribution < -0.4 is 20.1 Å². The van der Waals surface area contributed by atoms with E-state index < -0.39 is 24.4 Å². The number of ether oxygens (including phenoxy) is 3. The lowest BCUT2D eigenvalue weighted by Gasteiger charge is -2.11. The van der Waals surface area contributed by atoms with Crippen LogP contribution in [0, 0.1) is 0 Å². The highest BCUT2D eigenvalue weighted by atomic mass is 16.5. The Balaban J connectivity index is 1.79. The van der Waals surface area contributed by atoms with Crippen LogP contribution in [0.15, 0.2) is 48.5 Å². The van der Waals surface area contributed by atoms with Gasteiger partial charge in [-0.05, 0) is 31.2 Å². The van der Waals surface area contributed by atoms with Gasteiger partial charge < -0.3 is 24.8 Å². The van der Waals surface area contributed by atoms with Crippen LogP contribution >= 0.6 is 0 Å². The van der Waals surface area contributed by atoms with Crippen molar-refractivity contribution in [2.24, 2.45) is 0 Å². The molecule has 0 fully saturated rings. The van der Waals surface area contributed by atoms with Gasteiger partial charge in [-0.25, -0.2) is 0 Å². The van der Waals surface area contributed by atoms with Gasteiger partial charge in [-0.3, -0.25) is 14.4 Å². The number of para-hydroxylation sites is 3. The quantitative estimate of drug-likeness (QED) is 0.639. The second-order valence-corrected chi connectivity index (χ2v) is 5.52. The highest BCUT2D eigenvalue weighted by Gasteiger charge is 2.14. The number of amides is 2. The van der Waals surface area contributed by atoms with Crippen LogP contribution in [0.5, 0.6) is 11.5 Å². The van der Waals surface area contributed by atoms with Gasteiger partial charge in [0, 0.05) is 0 Å². The largest absolute Gasteiger partial charge is 0.496 e. The van der Waals surface area contributed by atoms with Gasteiger partial charge in [-0.1, -0.05) is 24.3 Å². The summed E-state index contributed by atoms with van der Waals surface area (Å²) < 4.78 is 15.4. The molecule has 0 bridgehead atoms. The fraction of sp³-hybridized carbons (Fsp3) is 0.250.